The Hall–Kier alpha value is -1.24. The Labute approximate surface area is 73.2 Å². The first kappa shape index (κ1) is 11.8. The van der Waals surface area contributed by atoms with Gasteiger partial charge < -0.3 is 10.5 Å². The number of hydrogen-bond acceptors (Lipinski definition) is 3. The maximum atomic E-state index is 11.5. The van der Waals surface area contributed by atoms with Gasteiger partial charge in [0.15, 0.2) is 0 Å². The van der Waals surface area contributed by atoms with E-state index in [1.807, 2.05) is 0 Å². The van der Waals surface area contributed by atoms with Crippen molar-refractivity contribution in [2.45, 2.75) is 12.8 Å². The van der Waals surface area contributed by atoms with E-state index in [0.29, 0.717) is 0 Å². The van der Waals surface area contributed by atoms with Crippen LogP contribution in [0.15, 0.2) is 0 Å². The number of halogens is 2. The third-order valence-electron chi connectivity index (χ3n) is 0.980. The van der Waals surface area contributed by atoms with E-state index in [-0.39, 0.29) is 13.0 Å². The van der Waals surface area contributed by atoms with Crippen LogP contribution in [0.4, 0.5) is 13.6 Å². The summed E-state index contributed by atoms with van der Waals surface area (Å²) in [6.07, 6.45) is -2.73. The lowest BCUT2D eigenvalue weighted by atomic mass is 10.4. The molecule has 0 aromatic rings. The fourth-order valence-electron chi connectivity index (χ4n) is 0.537. The summed E-state index contributed by atoms with van der Waals surface area (Å²) in [6, 6.07) is -0.973. The summed E-state index contributed by atoms with van der Waals surface area (Å²) in [5.41, 5.74) is 4.61. The minimum atomic E-state index is -2.56. The maximum Gasteiger partial charge on any atom is 0.318 e. The fraction of sp³-hybridized carbons (Fsp3) is 0.667. The molecule has 0 bridgehead atoms. The van der Waals surface area contributed by atoms with E-state index in [0.717, 1.165) is 0 Å². The molecule has 76 valence electrons. The summed E-state index contributed by atoms with van der Waals surface area (Å²) in [7, 11) is 0. The van der Waals surface area contributed by atoms with Gasteiger partial charge in [0.05, 0.1) is 13.0 Å². The van der Waals surface area contributed by atoms with Crippen molar-refractivity contribution in [3.63, 3.8) is 0 Å². The molecule has 0 spiro atoms. The average Bonchev–Trinajstić information content (AvgIpc) is 1.96. The number of nitrogens with one attached hydrogen (secondary N) is 1. The summed E-state index contributed by atoms with van der Waals surface area (Å²) in [6.45, 7) is -0.882. The number of carbonyl (C=O) groups is 2. The van der Waals surface area contributed by atoms with Crippen LogP contribution in [0.1, 0.15) is 6.42 Å². The van der Waals surface area contributed by atoms with Gasteiger partial charge in [-0.1, -0.05) is 0 Å². The van der Waals surface area contributed by atoms with Crippen molar-refractivity contribution in [2.75, 3.05) is 13.2 Å². The first-order chi connectivity index (χ1) is 6.02. The molecular weight excluding hydrogens is 186 g/mol. The number of rotatable bonds is 5. The van der Waals surface area contributed by atoms with Crippen molar-refractivity contribution in [3.05, 3.63) is 0 Å². The summed E-state index contributed by atoms with van der Waals surface area (Å²) >= 11 is 0. The molecule has 13 heavy (non-hydrogen) atoms. The highest BCUT2D eigenvalue weighted by Crippen LogP contribution is 1.93. The molecule has 3 N–H and O–H groups in total. The summed E-state index contributed by atoms with van der Waals surface area (Å²) in [5, 5.41) is 1.76. The monoisotopic (exact) mass is 196 g/mol. The largest absolute Gasteiger partial charge is 0.375 e. The van der Waals surface area contributed by atoms with Crippen LogP contribution in [0, 0.1) is 0 Å². The Morgan fingerprint density at radius 3 is 2.54 bits per heavy atom. The van der Waals surface area contributed by atoms with Crippen molar-refractivity contribution in [1.29, 1.82) is 0 Å². The van der Waals surface area contributed by atoms with Gasteiger partial charge in [-0.15, -0.1) is 0 Å². The number of hydrogen-bond donors (Lipinski definition) is 2. The highest BCUT2D eigenvalue weighted by Gasteiger charge is 2.05. The zero-order valence-electron chi connectivity index (χ0n) is 6.76. The van der Waals surface area contributed by atoms with Crippen LogP contribution in [-0.2, 0) is 9.53 Å². The maximum absolute atomic E-state index is 11.5. The summed E-state index contributed by atoms with van der Waals surface area (Å²) < 4.78 is 27.3. The Morgan fingerprint density at radius 2 is 2.08 bits per heavy atom. The molecule has 0 rings (SSSR count). The number of urea groups is 1. The van der Waals surface area contributed by atoms with Gasteiger partial charge in [0.2, 0.25) is 5.91 Å². The molecule has 0 heterocycles. The number of carbonyl (C=O) groups excluding carboxylic acids is 2. The zero-order chi connectivity index (χ0) is 10.3. The SMILES string of the molecule is NC(=O)NC(=O)CCOCC(F)F. The minimum Gasteiger partial charge on any atom is -0.375 e. The van der Waals surface area contributed by atoms with Gasteiger partial charge in [0, 0.05) is 0 Å². The van der Waals surface area contributed by atoms with Crippen LogP contribution in [0.25, 0.3) is 0 Å². The Kier molecular flexibility index (Phi) is 5.69. The lowest BCUT2D eigenvalue weighted by molar-refractivity contribution is -0.121. The predicted octanol–water partition coefficient (Wildman–Crippen LogP) is -0.147. The highest BCUT2D eigenvalue weighted by atomic mass is 19.3. The standard InChI is InChI=1S/C6H10F2N2O3/c7-4(8)3-13-2-1-5(11)10-6(9)12/h4H,1-3H2,(H3,9,10,11,12). The van der Waals surface area contributed by atoms with Gasteiger partial charge in [-0.05, 0) is 0 Å². The fourth-order valence-corrected chi connectivity index (χ4v) is 0.537. The summed E-state index contributed by atoms with van der Waals surface area (Å²) in [5.74, 6) is -0.651. The average molecular weight is 196 g/mol. The molecule has 0 aromatic carbocycles. The highest BCUT2D eigenvalue weighted by molar-refractivity contribution is 5.93. The Balaban J connectivity index is 3.32. The first-order valence-electron chi connectivity index (χ1n) is 3.47. The van der Waals surface area contributed by atoms with Crippen LogP contribution in [0.2, 0.25) is 0 Å². The van der Waals surface area contributed by atoms with Crippen LogP contribution >= 0.6 is 0 Å². The number of ether oxygens (including phenoxy) is 1. The van der Waals surface area contributed by atoms with Gasteiger partial charge in [0.1, 0.15) is 6.61 Å². The summed E-state index contributed by atoms with van der Waals surface area (Å²) in [4.78, 5) is 20.7. The zero-order valence-corrected chi connectivity index (χ0v) is 6.76. The van der Waals surface area contributed by atoms with Gasteiger partial charge in [0.25, 0.3) is 6.43 Å². The Morgan fingerprint density at radius 1 is 1.46 bits per heavy atom. The van der Waals surface area contributed by atoms with Crippen LogP contribution in [-0.4, -0.2) is 31.6 Å². The smallest absolute Gasteiger partial charge is 0.318 e. The van der Waals surface area contributed by atoms with Gasteiger partial charge in [-0.3, -0.25) is 10.1 Å². The van der Waals surface area contributed by atoms with E-state index in [1.165, 1.54) is 0 Å². The molecule has 5 nitrogen and oxygen atoms in total. The van der Waals surface area contributed by atoms with Gasteiger partial charge in [-0.25, -0.2) is 13.6 Å². The van der Waals surface area contributed by atoms with E-state index in [1.54, 1.807) is 5.32 Å². The third-order valence-corrected chi connectivity index (χ3v) is 0.980. The normalized spacial score (nSPS) is 10.1. The number of nitrogens with two attached hydrogens (primary N) is 1. The topological polar surface area (TPSA) is 81.4 Å². The molecule has 0 saturated heterocycles. The first-order valence-corrected chi connectivity index (χ1v) is 3.47. The van der Waals surface area contributed by atoms with Crippen molar-refractivity contribution in [1.82, 2.24) is 5.32 Å². The second-order valence-corrected chi connectivity index (χ2v) is 2.13. The van der Waals surface area contributed by atoms with Crippen molar-refractivity contribution >= 4 is 11.9 Å². The molecule has 0 aliphatic rings. The van der Waals surface area contributed by atoms with Crippen molar-refractivity contribution in [3.8, 4) is 0 Å². The Bertz CT molecular complexity index is 187. The molecular formula is C6H10F2N2O3. The quantitative estimate of drug-likeness (QED) is 0.600. The number of alkyl halides is 2. The van der Waals surface area contributed by atoms with E-state index >= 15 is 0 Å². The third kappa shape index (κ3) is 8.67. The predicted molar refractivity (Wildman–Crippen MR) is 39.2 cm³/mol. The van der Waals surface area contributed by atoms with E-state index in [2.05, 4.69) is 10.5 Å². The molecule has 7 heteroatoms. The molecule has 0 radical (unpaired) electrons. The second-order valence-electron chi connectivity index (χ2n) is 2.13. The van der Waals surface area contributed by atoms with E-state index in [4.69, 9.17) is 0 Å². The number of primary amides is 1. The molecule has 0 unspecified atom stereocenters. The molecule has 0 aliphatic heterocycles. The van der Waals surface area contributed by atoms with Crippen molar-refractivity contribution < 1.29 is 23.1 Å². The van der Waals surface area contributed by atoms with Crippen LogP contribution in [0.5, 0.6) is 0 Å². The van der Waals surface area contributed by atoms with E-state index < -0.39 is 25.0 Å². The van der Waals surface area contributed by atoms with Gasteiger partial charge in [-0.2, -0.15) is 0 Å². The van der Waals surface area contributed by atoms with Gasteiger partial charge >= 0.3 is 6.03 Å². The van der Waals surface area contributed by atoms with E-state index in [9.17, 15) is 18.4 Å². The molecule has 0 atom stereocenters. The number of imide groups is 1. The van der Waals surface area contributed by atoms with Crippen LogP contribution < -0.4 is 11.1 Å². The van der Waals surface area contributed by atoms with Crippen LogP contribution in [0.3, 0.4) is 0 Å². The minimum absolute atomic E-state index is 0.163. The molecule has 3 amide bonds. The lowest BCUT2D eigenvalue weighted by Crippen LogP contribution is -2.35. The van der Waals surface area contributed by atoms with Crippen molar-refractivity contribution in [2.24, 2.45) is 5.73 Å². The molecule has 0 aliphatic carbocycles. The molecule has 0 aromatic heterocycles. The second kappa shape index (κ2) is 6.30. The molecule has 0 saturated carbocycles. The number of amides is 3. The lowest BCUT2D eigenvalue weighted by Gasteiger charge is -2.02. The molecule has 0 fully saturated rings.